The standard InChI is InChI=1S/C10H12O2/c1-9(2)6-4-5-10(9,3)7(6)8(11)12/h4-5H,1-3H3,(H,11,12). The van der Waals surface area contributed by atoms with E-state index in [2.05, 4.69) is 13.8 Å². The molecule has 1 unspecified atom stereocenters. The molecule has 0 saturated heterocycles. The van der Waals surface area contributed by atoms with Crippen LogP contribution in [-0.2, 0) is 4.79 Å². The van der Waals surface area contributed by atoms with Crippen molar-refractivity contribution in [3.8, 4) is 0 Å². The Labute approximate surface area is 71.6 Å². The van der Waals surface area contributed by atoms with E-state index >= 15 is 0 Å². The van der Waals surface area contributed by atoms with Crippen LogP contribution >= 0.6 is 0 Å². The van der Waals surface area contributed by atoms with Crippen molar-refractivity contribution in [2.24, 2.45) is 10.8 Å². The Balaban J connectivity index is 2.57. The summed E-state index contributed by atoms with van der Waals surface area (Å²) < 4.78 is 0. The molecular formula is C10H12O2. The Morgan fingerprint density at radius 2 is 2.00 bits per heavy atom. The summed E-state index contributed by atoms with van der Waals surface area (Å²) in [6.07, 6.45) is 3.95. The Morgan fingerprint density at radius 1 is 1.42 bits per heavy atom. The smallest absolute Gasteiger partial charge is 0.332 e. The van der Waals surface area contributed by atoms with Crippen LogP contribution in [-0.4, -0.2) is 11.1 Å². The highest BCUT2D eigenvalue weighted by molar-refractivity contribution is 5.95. The Morgan fingerprint density at radius 3 is 2.17 bits per heavy atom. The second-order valence-corrected chi connectivity index (χ2v) is 4.25. The van der Waals surface area contributed by atoms with Crippen molar-refractivity contribution in [3.05, 3.63) is 23.3 Å². The van der Waals surface area contributed by atoms with Gasteiger partial charge in [-0.2, -0.15) is 0 Å². The molecule has 0 spiro atoms. The monoisotopic (exact) mass is 164 g/mol. The molecule has 3 rings (SSSR count). The molecule has 2 heteroatoms. The first-order chi connectivity index (χ1) is 5.41. The zero-order valence-electron chi connectivity index (χ0n) is 7.51. The molecule has 0 aliphatic heterocycles. The van der Waals surface area contributed by atoms with Crippen LogP contribution in [0.3, 0.4) is 0 Å². The summed E-state index contributed by atoms with van der Waals surface area (Å²) in [5.41, 5.74) is 1.39. The van der Waals surface area contributed by atoms with E-state index in [1.54, 1.807) is 0 Å². The zero-order valence-corrected chi connectivity index (χ0v) is 7.51. The van der Waals surface area contributed by atoms with Crippen molar-refractivity contribution in [1.29, 1.82) is 0 Å². The van der Waals surface area contributed by atoms with Crippen molar-refractivity contribution in [3.63, 3.8) is 0 Å². The van der Waals surface area contributed by atoms with Crippen LogP contribution in [0.25, 0.3) is 0 Å². The normalized spacial score (nSPS) is 35.2. The summed E-state index contributed by atoms with van der Waals surface area (Å²) in [7, 11) is 0. The molecule has 1 atom stereocenters. The first-order valence-corrected chi connectivity index (χ1v) is 4.09. The minimum absolute atomic E-state index is 0.0285. The summed E-state index contributed by atoms with van der Waals surface area (Å²) in [4.78, 5) is 10.8. The second-order valence-electron chi connectivity index (χ2n) is 4.25. The summed E-state index contributed by atoms with van der Waals surface area (Å²) in [6.45, 7) is 6.17. The lowest BCUT2D eigenvalue weighted by atomic mass is 9.53. The van der Waals surface area contributed by atoms with Crippen molar-refractivity contribution >= 4 is 5.97 Å². The Hall–Kier alpha value is -1.05. The predicted octanol–water partition coefficient (Wildman–Crippen LogP) is 1.98. The van der Waals surface area contributed by atoms with Gasteiger partial charge in [0, 0.05) is 10.8 Å². The molecule has 2 bridgehead atoms. The first-order valence-electron chi connectivity index (χ1n) is 4.09. The lowest BCUT2D eigenvalue weighted by Crippen LogP contribution is -2.45. The number of carboxylic acid groups (broad SMARTS) is 1. The van der Waals surface area contributed by atoms with Crippen LogP contribution < -0.4 is 0 Å². The summed E-state index contributed by atoms with van der Waals surface area (Å²) in [5.74, 6) is -0.767. The largest absolute Gasteiger partial charge is 0.478 e. The van der Waals surface area contributed by atoms with Gasteiger partial charge in [-0.05, 0) is 5.57 Å². The average Bonchev–Trinajstić information content (AvgIpc) is 2.38. The lowest BCUT2D eigenvalue weighted by Gasteiger charge is -2.48. The summed E-state index contributed by atoms with van der Waals surface area (Å²) >= 11 is 0. The lowest BCUT2D eigenvalue weighted by molar-refractivity contribution is -0.135. The average molecular weight is 164 g/mol. The van der Waals surface area contributed by atoms with Gasteiger partial charge in [-0.25, -0.2) is 4.79 Å². The van der Waals surface area contributed by atoms with Gasteiger partial charge in [0.15, 0.2) is 0 Å². The molecule has 0 aromatic carbocycles. The third-order valence-corrected chi connectivity index (χ3v) is 3.56. The predicted molar refractivity (Wildman–Crippen MR) is 45.7 cm³/mol. The fraction of sp³-hybridized carbons (Fsp3) is 0.500. The van der Waals surface area contributed by atoms with Gasteiger partial charge in [-0.3, -0.25) is 0 Å². The Bertz CT molecular complexity index is 334. The van der Waals surface area contributed by atoms with E-state index in [0.29, 0.717) is 5.57 Å². The minimum atomic E-state index is -0.767. The molecule has 0 radical (unpaired) electrons. The maximum absolute atomic E-state index is 10.8. The molecule has 0 saturated carbocycles. The van der Waals surface area contributed by atoms with Crippen LogP contribution in [0.1, 0.15) is 20.8 Å². The van der Waals surface area contributed by atoms with Crippen molar-refractivity contribution in [2.45, 2.75) is 20.8 Å². The van der Waals surface area contributed by atoms with Gasteiger partial charge in [-0.15, -0.1) is 0 Å². The van der Waals surface area contributed by atoms with E-state index in [1.165, 1.54) is 0 Å². The van der Waals surface area contributed by atoms with Gasteiger partial charge in [0.1, 0.15) is 0 Å². The molecule has 2 nitrogen and oxygen atoms in total. The molecule has 3 aliphatic rings. The van der Waals surface area contributed by atoms with E-state index in [1.807, 2.05) is 19.1 Å². The van der Waals surface area contributed by atoms with Crippen molar-refractivity contribution in [2.75, 3.05) is 0 Å². The zero-order chi connectivity index (χ0) is 9.15. The van der Waals surface area contributed by atoms with Gasteiger partial charge in [-0.1, -0.05) is 32.9 Å². The highest BCUT2D eigenvalue weighted by Gasteiger charge is 2.60. The second kappa shape index (κ2) is 1.65. The number of hydrogen-bond acceptors (Lipinski definition) is 1. The molecule has 64 valence electrons. The SMILES string of the molecule is CC1(C)C2=C(C(=O)O)C1(C)C=C2. The number of carboxylic acids is 1. The molecule has 12 heavy (non-hydrogen) atoms. The van der Waals surface area contributed by atoms with E-state index in [0.717, 1.165) is 5.57 Å². The molecule has 0 heterocycles. The number of aliphatic carboxylic acids is 1. The van der Waals surface area contributed by atoms with Crippen LogP contribution in [0.4, 0.5) is 0 Å². The molecule has 1 N–H and O–H groups in total. The van der Waals surface area contributed by atoms with Crippen LogP contribution in [0.2, 0.25) is 0 Å². The quantitative estimate of drug-likeness (QED) is 0.643. The van der Waals surface area contributed by atoms with E-state index in [9.17, 15) is 4.79 Å². The van der Waals surface area contributed by atoms with Crippen LogP contribution in [0.15, 0.2) is 23.3 Å². The summed E-state index contributed by atoms with van der Waals surface area (Å²) in [5, 5.41) is 8.91. The molecule has 3 aliphatic carbocycles. The van der Waals surface area contributed by atoms with Crippen molar-refractivity contribution in [1.82, 2.24) is 0 Å². The summed E-state index contributed by atoms with van der Waals surface area (Å²) in [6, 6.07) is 0. The first kappa shape index (κ1) is 7.59. The molecule has 0 aromatic rings. The molecular weight excluding hydrogens is 152 g/mol. The minimum Gasteiger partial charge on any atom is -0.478 e. The van der Waals surface area contributed by atoms with Gasteiger partial charge in [0.05, 0.1) is 5.57 Å². The molecule has 0 amide bonds. The van der Waals surface area contributed by atoms with Crippen LogP contribution in [0, 0.1) is 10.8 Å². The molecule has 0 aromatic heterocycles. The number of carbonyl (C=O) groups is 1. The van der Waals surface area contributed by atoms with Crippen LogP contribution in [0.5, 0.6) is 0 Å². The van der Waals surface area contributed by atoms with E-state index in [4.69, 9.17) is 5.11 Å². The fourth-order valence-corrected chi connectivity index (χ4v) is 2.29. The maximum atomic E-state index is 10.8. The highest BCUT2D eigenvalue weighted by Crippen LogP contribution is 2.65. The molecule has 0 fully saturated rings. The van der Waals surface area contributed by atoms with Gasteiger partial charge in [0.25, 0.3) is 0 Å². The van der Waals surface area contributed by atoms with E-state index in [-0.39, 0.29) is 10.8 Å². The maximum Gasteiger partial charge on any atom is 0.332 e. The third-order valence-electron chi connectivity index (χ3n) is 3.56. The Kier molecular flexibility index (Phi) is 1.05. The topological polar surface area (TPSA) is 37.3 Å². The highest BCUT2D eigenvalue weighted by atomic mass is 16.4. The third kappa shape index (κ3) is 0.491. The van der Waals surface area contributed by atoms with Gasteiger partial charge < -0.3 is 5.11 Å². The number of allylic oxidation sites excluding steroid dienone is 3. The van der Waals surface area contributed by atoms with Crippen molar-refractivity contribution < 1.29 is 9.90 Å². The van der Waals surface area contributed by atoms with E-state index < -0.39 is 5.97 Å². The number of rotatable bonds is 1. The fourth-order valence-electron chi connectivity index (χ4n) is 2.29. The van der Waals surface area contributed by atoms with Gasteiger partial charge >= 0.3 is 5.97 Å². The number of hydrogen-bond donors (Lipinski definition) is 1. The van der Waals surface area contributed by atoms with Gasteiger partial charge in [0.2, 0.25) is 0 Å².